The van der Waals surface area contributed by atoms with Gasteiger partial charge >= 0.3 is 5.63 Å². The topological polar surface area (TPSA) is 69.0 Å². The van der Waals surface area contributed by atoms with Gasteiger partial charge in [-0.15, -0.1) is 0 Å². The molecular weight excluding hydrogens is 286 g/mol. The van der Waals surface area contributed by atoms with Gasteiger partial charge in [0, 0.05) is 18.5 Å². The van der Waals surface area contributed by atoms with Gasteiger partial charge in [-0.05, 0) is 25.1 Å². The Hall–Kier alpha value is -2.34. The first-order valence-corrected chi connectivity index (χ1v) is 7.26. The van der Waals surface area contributed by atoms with E-state index in [9.17, 15) is 9.59 Å². The van der Waals surface area contributed by atoms with E-state index in [0.29, 0.717) is 61.6 Å². The van der Waals surface area contributed by atoms with Crippen LogP contribution < -0.4 is 15.3 Å². The zero-order valence-electron chi connectivity index (χ0n) is 12.3. The molecule has 0 aliphatic carbocycles. The molecule has 1 saturated heterocycles. The number of fused-ring (bicyclic) bond motifs is 1. The molecule has 116 valence electrons. The van der Waals surface area contributed by atoms with Crippen molar-refractivity contribution in [1.29, 1.82) is 0 Å². The SMILES string of the molecule is CCOc1ccc2oc(=O)c(C=O)c(N3CCOCC3)c2c1. The zero-order chi connectivity index (χ0) is 15.5. The van der Waals surface area contributed by atoms with Crippen LogP contribution in [0.4, 0.5) is 5.69 Å². The lowest BCUT2D eigenvalue weighted by Crippen LogP contribution is -2.37. The molecule has 0 unspecified atom stereocenters. The molecule has 1 aromatic carbocycles. The molecule has 22 heavy (non-hydrogen) atoms. The van der Waals surface area contributed by atoms with Crippen LogP contribution in [0.1, 0.15) is 17.3 Å². The van der Waals surface area contributed by atoms with Gasteiger partial charge in [-0.3, -0.25) is 4.79 Å². The Morgan fingerprint density at radius 2 is 2.09 bits per heavy atom. The standard InChI is InChI=1S/C16H17NO5/c1-2-21-11-3-4-14-12(9-11)15(13(10-18)16(19)22-14)17-5-7-20-8-6-17/h3-4,9-10H,2,5-8H2,1H3. The van der Waals surface area contributed by atoms with Gasteiger partial charge in [-0.2, -0.15) is 0 Å². The Kier molecular flexibility index (Phi) is 4.11. The minimum Gasteiger partial charge on any atom is -0.494 e. The summed E-state index contributed by atoms with van der Waals surface area (Å²) in [4.78, 5) is 25.4. The lowest BCUT2D eigenvalue weighted by atomic mass is 10.1. The maximum absolute atomic E-state index is 12.1. The van der Waals surface area contributed by atoms with E-state index in [0.717, 1.165) is 0 Å². The summed E-state index contributed by atoms with van der Waals surface area (Å²) < 4.78 is 16.1. The number of carbonyl (C=O) groups excluding carboxylic acids is 1. The summed E-state index contributed by atoms with van der Waals surface area (Å²) >= 11 is 0. The van der Waals surface area contributed by atoms with Crippen LogP contribution >= 0.6 is 0 Å². The molecule has 1 aliphatic rings. The number of carbonyl (C=O) groups is 1. The Balaban J connectivity index is 2.24. The van der Waals surface area contributed by atoms with Crippen LogP contribution in [0.15, 0.2) is 27.4 Å². The largest absolute Gasteiger partial charge is 0.494 e. The third kappa shape index (κ3) is 2.57. The van der Waals surface area contributed by atoms with Crippen LogP contribution in [-0.4, -0.2) is 39.2 Å². The van der Waals surface area contributed by atoms with E-state index < -0.39 is 5.63 Å². The second-order valence-corrected chi connectivity index (χ2v) is 4.96. The second kappa shape index (κ2) is 6.19. The summed E-state index contributed by atoms with van der Waals surface area (Å²) in [6, 6.07) is 5.25. The Morgan fingerprint density at radius 3 is 2.77 bits per heavy atom. The number of rotatable bonds is 4. The van der Waals surface area contributed by atoms with Gasteiger partial charge in [0.15, 0.2) is 6.29 Å². The highest BCUT2D eigenvalue weighted by molar-refractivity contribution is 6.00. The van der Waals surface area contributed by atoms with E-state index in [-0.39, 0.29) is 5.56 Å². The summed E-state index contributed by atoms with van der Waals surface area (Å²) in [5.74, 6) is 0.676. The van der Waals surface area contributed by atoms with E-state index in [1.165, 1.54) is 0 Å². The Morgan fingerprint density at radius 1 is 1.32 bits per heavy atom. The summed E-state index contributed by atoms with van der Waals surface area (Å²) in [6.07, 6.45) is 0.559. The van der Waals surface area contributed by atoms with Gasteiger partial charge in [0.2, 0.25) is 0 Å². The number of aldehydes is 1. The Labute approximate surface area is 127 Å². The number of benzene rings is 1. The van der Waals surface area contributed by atoms with Crippen molar-refractivity contribution in [2.24, 2.45) is 0 Å². The number of nitrogens with zero attached hydrogens (tertiary/aromatic N) is 1. The molecule has 0 amide bonds. The maximum atomic E-state index is 12.1. The highest BCUT2D eigenvalue weighted by atomic mass is 16.5. The van der Waals surface area contributed by atoms with Gasteiger partial charge in [0.1, 0.15) is 16.9 Å². The molecule has 1 aliphatic heterocycles. The van der Waals surface area contributed by atoms with Crippen molar-refractivity contribution in [3.05, 3.63) is 34.2 Å². The van der Waals surface area contributed by atoms with Crippen LogP contribution in [-0.2, 0) is 4.74 Å². The lowest BCUT2D eigenvalue weighted by Gasteiger charge is -2.30. The average molecular weight is 303 g/mol. The molecule has 6 nitrogen and oxygen atoms in total. The summed E-state index contributed by atoms with van der Waals surface area (Å²) in [5.41, 5.74) is 0.475. The first-order valence-electron chi connectivity index (χ1n) is 7.26. The van der Waals surface area contributed by atoms with Gasteiger partial charge in [0.05, 0.1) is 25.5 Å². The van der Waals surface area contributed by atoms with Crippen molar-refractivity contribution >= 4 is 22.9 Å². The molecule has 0 bridgehead atoms. The predicted molar refractivity (Wildman–Crippen MR) is 82.1 cm³/mol. The third-order valence-electron chi connectivity index (χ3n) is 3.64. The summed E-state index contributed by atoms with van der Waals surface area (Å²) in [7, 11) is 0. The minimum absolute atomic E-state index is 0.0445. The zero-order valence-corrected chi connectivity index (χ0v) is 12.3. The van der Waals surface area contributed by atoms with Gasteiger partial charge < -0.3 is 18.8 Å². The van der Waals surface area contributed by atoms with E-state index >= 15 is 0 Å². The molecular formula is C16H17NO5. The average Bonchev–Trinajstić information content (AvgIpc) is 2.55. The Bertz CT molecular complexity index is 746. The van der Waals surface area contributed by atoms with E-state index in [1.807, 2.05) is 11.8 Å². The number of anilines is 1. The van der Waals surface area contributed by atoms with Crippen LogP contribution in [0.2, 0.25) is 0 Å². The van der Waals surface area contributed by atoms with Crippen molar-refractivity contribution in [3.63, 3.8) is 0 Å². The first-order chi connectivity index (χ1) is 10.7. The predicted octanol–water partition coefficient (Wildman–Crippen LogP) is 1.84. The molecule has 3 rings (SSSR count). The third-order valence-corrected chi connectivity index (χ3v) is 3.64. The first kappa shape index (κ1) is 14.6. The highest BCUT2D eigenvalue weighted by Gasteiger charge is 2.22. The number of ether oxygens (including phenoxy) is 2. The summed E-state index contributed by atoms with van der Waals surface area (Å²) in [6.45, 7) is 4.80. The van der Waals surface area contributed by atoms with Crippen molar-refractivity contribution < 1.29 is 18.7 Å². The lowest BCUT2D eigenvalue weighted by molar-refractivity contribution is 0.111. The monoisotopic (exact) mass is 303 g/mol. The minimum atomic E-state index is -0.617. The molecule has 2 heterocycles. The van der Waals surface area contributed by atoms with Crippen molar-refractivity contribution in [2.75, 3.05) is 37.8 Å². The van der Waals surface area contributed by atoms with E-state index in [4.69, 9.17) is 13.9 Å². The number of hydrogen-bond acceptors (Lipinski definition) is 6. The van der Waals surface area contributed by atoms with Crippen molar-refractivity contribution in [2.45, 2.75) is 6.92 Å². The molecule has 1 aromatic heterocycles. The van der Waals surface area contributed by atoms with Crippen LogP contribution in [0.5, 0.6) is 5.75 Å². The van der Waals surface area contributed by atoms with Gasteiger partial charge in [-0.1, -0.05) is 0 Å². The van der Waals surface area contributed by atoms with Crippen molar-refractivity contribution in [1.82, 2.24) is 0 Å². The second-order valence-electron chi connectivity index (χ2n) is 4.96. The molecule has 0 atom stereocenters. The van der Waals surface area contributed by atoms with Gasteiger partial charge in [0.25, 0.3) is 0 Å². The molecule has 1 fully saturated rings. The molecule has 0 N–H and O–H groups in total. The van der Waals surface area contributed by atoms with Crippen LogP contribution in [0, 0.1) is 0 Å². The molecule has 0 saturated carbocycles. The maximum Gasteiger partial charge on any atom is 0.349 e. The smallest absolute Gasteiger partial charge is 0.349 e. The molecule has 6 heteroatoms. The van der Waals surface area contributed by atoms with Crippen LogP contribution in [0.3, 0.4) is 0 Å². The number of hydrogen-bond donors (Lipinski definition) is 0. The number of morpholine rings is 1. The molecule has 0 spiro atoms. The fourth-order valence-electron chi connectivity index (χ4n) is 2.67. The fraction of sp³-hybridized carbons (Fsp3) is 0.375. The molecule has 0 radical (unpaired) electrons. The van der Waals surface area contributed by atoms with Crippen LogP contribution in [0.25, 0.3) is 11.0 Å². The van der Waals surface area contributed by atoms with Gasteiger partial charge in [-0.25, -0.2) is 4.79 Å². The fourth-order valence-corrected chi connectivity index (χ4v) is 2.67. The summed E-state index contributed by atoms with van der Waals surface area (Å²) in [5, 5.41) is 0.703. The van der Waals surface area contributed by atoms with Crippen molar-refractivity contribution in [3.8, 4) is 5.75 Å². The van der Waals surface area contributed by atoms with E-state index in [1.54, 1.807) is 18.2 Å². The molecule has 2 aromatic rings. The van der Waals surface area contributed by atoms with E-state index in [2.05, 4.69) is 0 Å². The highest BCUT2D eigenvalue weighted by Crippen LogP contribution is 2.31. The normalized spacial score (nSPS) is 15.0. The quantitative estimate of drug-likeness (QED) is 0.634.